The minimum Gasteiger partial charge on any atom is -0.466 e. The van der Waals surface area contributed by atoms with Crippen LogP contribution in [0.1, 0.15) is 18.1 Å². The first-order valence-corrected chi connectivity index (χ1v) is 9.83. The fraction of sp³-hybridized carbons (Fsp3) is 0.333. The van der Waals surface area contributed by atoms with Gasteiger partial charge in [-0.15, -0.1) is 0 Å². The maximum atomic E-state index is 11.8. The molecule has 151 valence electrons. The zero-order valence-electron chi connectivity index (χ0n) is 16.4. The lowest BCUT2D eigenvalue weighted by atomic mass is 9.73. The highest BCUT2D eigenvalue weighted by molar-refractivity contribution is 6.51. The Kier molecular flexibility index (Phi) is 7.04. The SMILES string of the molecule is C[B]c1ccc(Oc2cc(Cl)cc(CC(=O)OCC)c2)c(CN2CCOC2=O)c1. The molecule has 2 aromatic carbocycles. The van der Waals surface area contributed by atoms with Gasteiger partial charge >= 0.3 is 12.1 Å². The third kappa shape index (κ3) is 5.67. The zero-order chi connectivity index (χ0) is 20.8. The third-order valence-corrected chi connectivity index (χ3v) is 4.65. The molecule has 1 heterocycles. The predicted molar refractivity (Wildman–Crippen MR) is 111 cm³/mol. The van der Waals surface area contributed by atoms with Gasteiger partial charge in [-0.2, -0.15) is 0 Å². The topological polar surface area (TPSA) is 65.1 Å². The van der Waals surface area contributed by atoms with E-state index < -0.39 is 0 Å². The first kappa shape index (κ1) is 21.1. The van der Waals surface area contributed by atoms with Crippen molar-refractivity contribution in [3.63, 3.8) is 0 Å². The molecule has 0 aromatic heterocycles. The van der Waals surface area contributed by atoms with Crippen molar-refractivity contribution in [2.75, 3.05) is 19.8 Å². The molecule has 0 unspecified atom stereocenters. The largest absolute Gasteiger partial charge is 0.466 e. The Hall–Kier alpha value is -2.67. The van der Waals surface area contributed by atoms with Crippen LogP contribution in [0.15, 0.2) is 36.4 Å². The number of carbonyl (C=O) groups is 2. The Morgan fingerprint density at radius 3 is 2.79 bits per heavy atom. The van der Waals surface area contributed by atoms with Crippen LogP contribution in [-0.2, 0) is 27.2 Å². The van der Waals surface area contributed by atoms with Gasteiger partial charge in [0.2, 0.25) is 0 Å². The maximum Gasteiger partial charge on any atom is 0.410 e. The Bertz CT molecular complexity index is 905. The number of rotatable bonds is 8. The highest BCUT2D eigenvalue weighted by Gasteiger charge is 2.23. The summed E-state index contributed by atoms with van der Waals surface area (Å²) < 4.78 is 16.1. The number of carbonyl (C=O) groups excluding carboxylic acids is 2. The van der Waals surface area contributed by atoms with Gasteiger partial charge in [0, 0.05) is 10.6 Å². The van der Waals surface area contributed by atoms with Crippen LogP contribution < -0.4 is 10.2 Å². The van der Waals surface area contributed by atoms with Crippen molar-refractivity contribution in [2.45, 2.75) is 26.7 Å². The van der Waals surface area contributed by atoms with E-state index in [0.29, 0.717) is 48.4 Å². The summed E-state index contributed by atoms with van der Waals surface area (Å²) in [5.74, 6) is 0.798. The van der Waals surface area contributed by atoms with E-state index in [-0.39, 0.29) is 18.5 Å². The van der Waals surface area contributed by atoms with Crippen LogP contribution in [0.5, 0.6) is 11.5 Å². The molecule has 0 N–H and O–H groups in total. The quantitative estimate of drug-likeness (QED) is 0.488. The molecule has 29 heavy (non-hydrogen) atoms. The second-order valence-corrected chi connectivity index (χ2v) is 7.01. The molecule has 8 heteroatoms. The van der Waals surface area contributed by atoms with Crippen molar-refractivity contribution >= 4 is 36.4 Å². The normalized spacial score (nSPS) is 13.2. The van der Waals surface area contributed by atoms with Gasteiger partial charge < -0.3 is 19.1 Å². The zero-order valence-corrected chi connectivity index (χ0v) is 17.2. The average Bonchev–Trinajstić information content (AvgIpc) is 3.07. The average molecular weight is 415 g/mol. The molecule has 1 fully saturated rings. The summed E-state index contributed by atoms with van der Waals surface area (Å²) in [5.41, 5.74) is 2.58. The predicted octanol–water partition coefficient (Wildman–Crippen LogP) is 3.57. The molecule has 0 bridgehead atoms. The van der Waals surface area contributed by atoms with E-state index in [9.17, 15) is 9.59 Å². The van der Waals surface area contributed by atoms with E-state index in [4.69, 9.17) is 25.8 Å². The fourth-order valence-electron chi connectivity index (χ4n) is 3.06. The number of ether oxygens (including phenoxy) is 3. The van der Waals surface area contributed by atoms with Gasteiger partial charge in [-0.1, -0.05) is 36.0 Å². The van der Waals surface area contributed by atoms with Crippen LogP contribution in [0.4, 0.5) is 4.79 Å². The van der Waals surface area contributed by atoms with Crippen molar-refractivity contribution < 1.29 is 23.8 Å². The van der Waals surface area contributed by atoms with Crippen LogP contribution in [0.3, 0.4) is 0 Å². The summed E-state index contributed by atoms with van der Waals surface area (Å²) in [6, 6.07) is 10.9. The molecule has 1 saturated heterocycles. The Morgan fingerprint density at radius 2 is 2.10 bits per heavy atom. The van der Waals surface area contributed by atoms with E-state index in [1.807, 2.05) is 32.3 Å². The smallest absolute Gasteiger partial charge is 0.410 e. The van der Waals surface area contributed by atoms with Crippen LogP contribution in [-0.4, -0.2) is 44.0 Å². The summed E-state index contributed by atoms with van der Waals surface area (Å²) in [7, 11) is 1.98. The van der Waals surface area contributed by atoms with E-state index in [2.05, 4.69) is 0 Å². The van der Waals surface area contributed by atoms with Crippen molar-refractivity contribution in [3.05, 3.63) is 52.5 Å². The number of amides is 1. The second kappa shape index (κ2) is 9.70. The van der Waals surface area contributed by atoms with Crippen molar-refractivity contribution in [1.82, 2.24) is 4.90 Å². The number of cyclic esters (lactones) is 1. The maximum absolute atomic E-state index is 11.8. The van der Waals surface area contributed by atoms with Crippen molar-refractivity contribution in [1.29, 1.82) is 0 Å². The van der Waals surface area contributed by atoms with Gasteiger partial charge in [-0.3, -0.25) is 4.79 Å². The minimum atomic E-state index is -0.332. The highest BCUT2D eigenvalue weighted by atomic mass is 35.5. The van der Waals surface area contributed by atoms with Crippen molar-refractivity contribution in [3.8, 4) is 11.5 Å². The van der Waals surface area contributed by atoms with Crippen LogP contribution in [0, 0.1) is 0 Å². The van der Waals surface area contributed by atoms with Gasteiger partial charge in [-0.25, -0.2) is 4.79 Å². The third-order valence-electron chi connectivity index (χ3n) is 4.44. The summed E-state index contributed by atoms with van der Waals surface area (Å²) in [4.78, 5) is 25.3. The lowest BCUT2D eigenvalue weighted by molar-refractivity contribution is -0.142. The Morgan fingerprint density at radius 1 is 1.28 bits per heavy atom. The highest BCUT2D eigenvalue weighted by Crippen LogP contribution is 2.29. The lowest BCUT2D eigenvalue weighted by Crippen LogP contribution is -2.24. The molecule has 1 radical (unpaired) electrons. The Balaban J connectivity index is 1.84. The van der Waals surface area contributed by atoms with E-state index in [0.717, 1.165) is 11.0 Å². The van der Waals surface area contributed by atoms with Gasteiger partial charge in [0.1, 0.15) is 25.4 Å². The number of hydrogen-bond donors (Lipinski definition) is 0. The molecule has 1 aliphatic heterocycles. The molecule has 1 amide bonds. The molecular formula is C21H22BClNO5. The lowest BCUT2D eigenvalue weighted by Gasteiger charge is -2.18. The molecule has 3 rings (SSSR count). The van der Waals surface area contributed by atoms with Crippen LogP contribution in [0.2, 0.25) is 11.8 Å². The van der Waals surface area contributed by atoms with E-state index in [1.165, 1.54) is 0 Å². The molecule has 0 saturated carbocycles. The van der Waals surface area contributed by atoms with Gasteiger partial charge in [0.25, 0.3) is 0 Å². The number of esters is 1. The number of halogens is 1. The number of benzene rings is 2. The van der Waals surface area contributed by atoms with Crippen LogP contribution >= 0.6 is 11.6 Å². The van der Waals surface area contributed by atoms with Crippen molar-refractivity contribution in [2.24, 2.45) is 0 Å². The molecule has 0 atom stereocenters. The van der Waals surface area contributed by atoms with Gasteiger partial charge in [0.05, 0.1) is 26.1 Å². The summed E-state index contributed by atoms with van der Waals surface area (Å²) in [6.07, 6.45) is -0.220. The molecule has 0 aliphatic carbocycles. The number of hydrogen-bond acceptors (Lipinski definition) is 5. The first-order chi connectivity index (χ1) is 14.0. The molecular weight excluding hydrogens is 392 g/mol. The summed E-state index contributed by atoms with van der Waals surface area (Å²) >= 11 is 6.21. The summed E-state index contributed by atoms with van der Waals surface area (Å²) in [6.45, 7) is 5.35. The van der Waals surface area contributed by atoms with Gasteiger partial charge in [0.15, 0.2) is 0 Å². The van der Waals surface area contributed by atoms with Crippen LogP contribution in [0.25, 0.3) is 0 Å². The van der Waals surface area contributed by atoms with E-state index >= 15 is 0 Å². The number of nitrogens with zero attached hydrogens (tertiary/aromatic N) is 1. The molecule has 6 nitrogen and oxygen atoms in total. The minimum absolute atomic E-state index is 0.112. The first-order valence-electron chi connectivity index (χ1n) is 9.45. The molecule has 2 aromatic rings. The van der Waals surface area contributed by atoms with Gasteiger partial charge in [-0.05, 0) is 36.8 Å². The van der Waals surface area contributed by atoms with E-state index in [1.54, 1.807) is 30.0 Å². The second-order valence-electron chi connectivity index (χ2n) is 6.57. The fourth-order valence-corrected chi connectivity index (χ4v) is 3.31. The monoisotopic (exact) mass is 414 g/mol. The molecule has 0 spiro atoms. The molecule has 1 aliphatic rings. The standard InChI is InChI=1S/C21H22BClNO5/c1-3-27-20(25)10-14-8-17(23)12-18(9-14)29-19-5-4-16(22-2)11-15(19)13-24-6-7-28-21(24)26/h4-5,8-9,11-12H,3,6-7,10,13H2,1-2H3. The Labute approximate surface area is 175 Å². The summed E-state index contributed by atoms with van der Waals surface area (Å²) in [5, 5.41) is 0.463.